The Kier molecular flexibility index (Phi) is 1.18. The van der Waals surface area contributed by atoms with E-state index in [2.05, 4.69) is 4.89 Å². The molecule has 1 amide bonds. The van der Waals surface area contributed by atoms with E-state index < -0.39 is 0 Å². The van der Waals surface area contributed by atoms with Gasteiger partial charge >= 0.3 is 0 Å². The molecule has 4 nitrogen and oxygen atoms in total. The molecule has 0 aromatic carbocycles. The SMILES string of the molecule is O=CN1C2CC(C2)C1OO. The lowest BCUT2D eigenvalue weighted by Gasteiger charge is -2.21. The van der Waals surface area contributed by atoms with Crippen molar-refractivity contribution >= 4 is 6.41 Å². The van der Waals surface area contributed by atoms with Gasteiger partial charge in [0.15, 0.2) is 6.23 Å². The molecule has 1 N–H and O–H groups in total. The van der Waals surface area contributed by atoms with Gasteiger partial charge in [-0.15, -0.1) is 0 Å². The molecule has 3 fully saturated rings. The van der Waals surface area contributed by atoms with E-state index in [1.807, 2.05) is 0 Å². The zero-order chi connectivity index (χ0) is 7.14. The Bertz CT molecular complexity index is 155. The topological polar surface area (TPSA) is 49.8 Å². The average Bonchev–Trinajstić information content (AvgIpc) is 2.35. The molecule has 2 heterocycles. The van der Waals surface area contributed by atoms with Crippen LogP contribution >= 0.6 is 0 Å². The van der Waals surface area contributed by atoms with Crippen LogP contribution in [0.1, 0.15) is 12.8 Å². The summed E-state index contributed by atoms with van der Waals surface area (Å²) in [7, 11) is 0. The van der Waals surface area contributed by atoms with Crippen molar-refractivity contribution in [2.45, 2.75) is 25.1 Å². The maximum Gasteiger partial charge on any atom is 0.212 e. The van der Waals surface area contributed by atoms with Gasteiger partial charge in [0.2, 0.25) is 6.41 Å². The van der Waals surface area contributed by atoms with E-state index in [9.17, 15) is 4.79 Å². The summed E-state index contributed by atoms with van der Waals surface area (Å²) in [6.07, 6.45) is 2.37. The first-order valence-electron chi connectivity index (χ1n) is 3.39. The van der Waals surface area contributed by atoms with Crippen LogP contribution in [0.15, 0.2) is 0 Å². The highest BCUT2D eigenvalue weighted by Crippen LogP contribution is 2.44. The molecule has 1 atom stereocenters. The normalized spacial score (nSPS) is 43.3. The van der Waals surface area contributed by atoms with Crippen LogP contribution in [-0.2, 0) is 9.68 Å². The Hall–Kier alpha value is -0.610. The summed E-state index contributed by atoms with van der Waals surface area (Å²) in [6, 6.07) is 0.333. The van der Waals surface area contributed by atoms with Crippen LogP contribution in [0, 0.1) is 5.92 Å². The maximum absolute atomic E-state index is 10.3. The van der Waals surface area contributed by atoms with Crippen molar-refractivity contribution in [3.05, 3.63) is 0 Å². The van der Waals surface area contributed by atoms with Crippen LogP contribution in [0.2, 0.25) is 0 Å². The zero-order valence-electron chi connectivity index (χ0n) is 5.43. The molecular formula is C6H9NO3. The van der Waals surface area contributed by atoms with Gasteiger partial charge in [-0.3, -0.25) is 4.79 Å². The number of carbonyl (C=O) groups is 1. The number of fused-ring (bicyclic) bond motifs is 1. The van der Waals surface area contributed by atoms with E-state index in [-0.39, 0.29) is 6.23 Å². The lowest BCUT2D eigenvalue weighted by atomic mass is 9.86. The van der Waals surface area contributed by atoms with Gasteiger partial charge in [0, 0.05) is 12.0 Å². The van der Waals surface area contributed by atoms with E-state index >= 15 is 0 Å². The summed E-state index contributed by atoms with van der Waals surface area (Å²) in [5.41, 5.74) is 0. The number of carbonyl (C=O) groups excluding carboxylic acids is 1. The Morgan fingerprint density at radius 3 is 2.70 bits per heavy atom. The highest BCUT2D eigenvalue weighted by Gasteiger charge is 2.51. The fourth-order valence-electron chi connectivity index (χ4n) is 1.84. The fourth-order valence-corrected chi connectivity index (χ4v) is 1.84. The minimum Gasteiger partial charge on any atom is -0.313 e. The van der Waals surface area contributed by atoms with Gasteiger partial charge in [0.1, 0.15) is 0 Å². The first-order chi connectivity index (χ1) is 4.86. The van der Waals surface area contributed by atoms with Crippen molar-refractivity contribution in [1.82, 2.24) is 4.90 Å². The smallest absolute Gasteiger partial charge is 0.212 e. The second-order valence-corrected chi connectivity index (χ2v) is 2.93. The first kappa shape index (κ1) is 6.12. The summed E-state index contributed by atoms with van der Waals surface area (Å²) in [4.78, 5) is 16.1. The van der Waals surface area contributed by atoms with Crippen molar-refractivity contribution in [1.29, 1.82) is 0 Å². The molecule has 4 heteroatoms. The van der Waals surface area contributed by atoms with Gasteiger partial charge in [-0.1, -0.05) is 0 Å². The summed E-state index contributed by atoms with van der Waals surface area (Å²) in [6.45, 7) is 0. The summed E-state index contributed by atoms with van der Waals surface area (Å²) >= 11 is 0. The third kappa shape index (κ3) is 0.552. The molecule has 0 aromatic heterocycles. The van der Waals surface area contributed by atoms with Gasteiger partial charge in [-0.25, -0.2) is 10.1 Å². The number of rotatable bonds is 2. The third-order valence-electron chi connectivity index (χ3n) is 2.50. The van der Waals surface area contributed by atoms with Crippen LogP contribution in [0.25, 0.3) is 0 Å². The minimum atomic E-state index is -0.359. The molecule has 0 aromatic rings. The van der Waals surface area contributed by atoms with Crippen molar-refractivity contribution in [3.63, 3.8) is 0 Å². The van der Waals surface area contributed by atoms with E-state index in [4.69, 9.17) is 5.26 Å². The monoisotopic (exact) mass is 143 g/mol. The molecule has 2 bridgehead atoms. The zero-order valence-corrected chi connectivity index (χ0v) is 5.43. The number of nitrogens with zero attached hydrogens (tertiary/aromatic N) is 1. The van der Waals surface area contributed by atoms with E-state index in [1.54, 1.807) is 4.90 Å². The summed E-state index contributed by atoms with van der Waals surface area (Å²) in [5.74, 6) is 0.375. The van der Waals surface area contributed by atoms with Crippen molar-refractivity contribution in [3.8, 4) is 0 Å². The Balaban J connectivity index is 2.11. The van der Waals surface area contributed by atoms with Crippen LogP contribution < -0.4 is 0 Å². The molecule has 1 aliphatic carbocycles. The summed E-state index contributed by atoms with van der Waals surface area (Å²) in [5, 5.41) is 8.36. The maximum atomic E-state index is 10.3. The molecule has 0 spiro atoms. The van der Waals surface area contributed by atoms with Crippen LogP contribution in [0.4, 0.5) is 0 Å². The molecule has 3 aliphatic rings. The molecule has 2 aliphatic heterocycles. The van der Waals surface area contributed by atoms with Crippen LogP contribution in [-0.4, -0.2) is 28.8 Å². The fraction of sp³-hybridized carbons (Fsp3) is 0.833. The Labute approximate surface area is 58.3 Å². The van der Waals surface area contributed by atoms with Crippen molar-refractivity contribution in [2.24, 2.45) is 5.92 Å². The van der Waals surface area contributed by atoms with Crippen LogP contribution in [0.3, 0.4) is 0 Å². The van der Waals surface area contributed by atoms with E-state index in [0.29, 0.717) is 12.0 Å². The largest absolute Gasteiger partial charge is 0.313 e. The van der Waals surface area contributed by atoms with Gasteiger partial charge < -0.3 is 4.90 Å². The number of amides is 1. The highest BCUT2D eigenvalue weighted by atomic mass is 17.1. The number of hydrogen-bond acceptors (Lipinski definition) is 3. The predicted octanol–water partition coefficient (Wildman–Crippen LogP) is 0.0527. The lowest BCUT2D eigenvalue weighted by molar-refractivity contribution is -0.304. The van der Waals surface area contributed by atoms with Gasteiger partial charge in [-0.05, 0) is 12.8 Å². The van der Waals surface area contributed by atoms with Gasteiger partial charge in [0.25, 0.3) is 0 Å². The van der Waals surface area contributed by atoms with Gasteiger partial charge in [0.05, 0.1) is 0 Å². The third-order valence-corrected chi connectivity index (χ3v) is 2.50. The minimum absolute atomic E-state index is 0.333. The average molecular weight is 143 g/mol. The first-order valence-corrected chi connectivity index (χ1v) is 3.39. The number of hydrogen-bond donors (Lipinski definition) is 1. The molecule has 2 saturated heterocycles. The lowest BCUT2D eigenvalue weighted by Crippen LogP contribution is -2.31. The molecule has 0 radical (unpaired) electrons. The molecule has 56 valence electrons. The second-order valence-electron chi connectivity index (χ2n) is 2.93. The Morgan fingerprint density at radius 1 is 1.60 bits per heavy atom. The second kappa shape index (κ2) is 1.93. The quantitative estimate of drug-likeness (QED) is 0.337. The predicted molar refractivity (Wildman–Crippen MR) is 31.9 cm³/mol. The van der Waals surface area contributed by atoms with E-state index in [1.165, 1.54) is 0 Å². The van der Waals surface area contributed by atoms with Gasteiger partial charge in [-0.2, -0.15) is 0 Å². The standard InChI is InChI=1S/C6H9NO3/c8-3-7-5-1-4(2-5)6(7)10-9/h3-6,9H,1-2H2. The molecule has 1 unspecified atom stereocenters. The molecule has 3 rings (SSSR count). The van der Waals surface area contributed by atoms with Crippen molar-refractivity contribution < 1.29 is 14.9 Å². The van der Waals surface area contributed by atoms with Crippen molar-refractivity contribution in [2.75, 3.05) is 0 Å². The highest BCUT2D eigenvalue weighted by molar-refractivity contribution is 5.50. The van der Waals surface area contributed by atoms with E-state index in [0.717, 1.165) is 19.3 Å². The molecular weight excluding hydrogens is 134 g/mol. The molecule has 1 saturated carbocycles. The summed E-state index contributed by atoms with van der Waals surface area (Å²) < 4.78 is 0. The van der Waals surface area contributed by atoms with Crippen LogP contribution in [0.5, 0.6) is 0 Å². The molecule has 10 heavy (non-hydrogen) atoms. The Morgan fingerprint density at radius 2 is 2.30 bits per heavy atom.